The SMILES string of the molecule is CCNC(C1=CCCCC1)c1sccc1Cl. The Morgan fingerprint density at radius 1 is 1.50 bits per heavy atom. The lowest BCUT2D eigenvalue weighted by molar-refractivity contribution is 0.570. The van der Waals surface area contributed by atoms with Crippen LogP contribution >= 0.6 is 22.9 Å². The normalized spacial score (nSPS) is 18.2. The minimum absolute atomic E-state index is 0.345. The third kappa shape index (κ3) is 2.68. The first-order chi connectivity index (χ1) is 7.83. The average molecular weight is 256 g/mol. The van der Waals surface area contributed by atoms with Gasteiger partial charge in [0.25, 0.3) is 0 Å². The van der Waals surface area contributed by atoms with E-state index in [2.05, 4.69) is 23.7 Å². The second kappa shape index (κ2) is 5.85. The molecule has 0 bridgehead atoms. The van der Waals surface area contributed by atoms with Crippen molar-refractivity contribution in [2.24, 2.45) is 0 Å². The quantitative estimate of drug-likeness (QED) is 0.779. The fraction of sp³-hybridized carbons (Fsp3) is 0.538. The second-order valence-electron chi connectivity index (χ2n) is 4.15. The molecule has 1 aliphatic carbocycles. The number of likely N-dealkylation sites (N-methyl/N-ethyl adjacent to an activating group) is 1. The van der Waals surface area contributed by atoms with Crippen LogP contribution in [0.15, 0.2) is 23.1 Å². The zero-order valence-corrected chi connectivity index (χ0v) is 11.2. The van der Waals surface area contributed by atoms with Gasteiger partial charge in [0, 0.05) is 4.88 Å². The highest BCUT2D eigenvalue weighted by atomic mass is 35.5. The van der Waals surface area contributed by atoms with Crippen molar-refractivity contribution < 1.29 is 0 Å². The van der Waals surface area contributed by atoms with E-state index in [1.165, 1.54) is 36.1 Å². The Morgan fingerprint density at radius 2 is 2.38 bits per heavy atom. The summed E-state index contributed by atoms with van der Waals surface area (Å²) >= 11 is 7.99. The molecule has 0 aliphatic heterocycles. The summed E-state index contributed by atoms with van der Waals surface area (Å²) in [6.45, 7) is 3.13. The first-order valence-electron chi connectivity index (χ1n) is 5.98. The third-order valence-electron chi connectivity index (χ3n) is 3.01. The molecule has 1 N–H and O–H groups in total. The average Bonchev–Trinajstić information content (AvgIpc) is 2.73. The second-order valence-corrected chi connectivity index (χ2v) is 5.50. The molecule has 88 valence electrons. The molecule has 1 aliphatic rings. The smallest absolute Gasteiger partial charge is 0.0645 e. The first kappa shape index (κ1) is 12.2. The van der Waals surface area contributed by atoms with Crippen molar-refractivity contribution in [2.45, 2.75) is 38.6 Å². The molecule has 2 rings (SSSR count). The summed E-state index contributed by atoms with van der Waals surface area (Å²) in [5, 5.41) is 6.53. The van der Waals surface area contributed by atoms with Crippen molar-refractivity contribution >= 4 is 22.9 Å². The van der Waals surface area contributed by atoms with Gasteiger partial charge in [-0.25, -0.2) is 0 Å². The van der Waals surface area contributed by atoms with Crippen molar-refractivity contribution in [3.63, 3.8) is 0 Å². The maximum atomic E-state index is 6.23. The Kier molecular flexibility index (Phi) is 4.45. The van der Waals surface area contributed by atoms with E-state index in [9.17, 15) is 0 Å². The Hall–Kier alpha value is -0.310. The van der Waals surface area contributed by atoms with Gasteiger partial charge in [-0.1, -0.05) is 30.2 Å². The van der Waals surface area contributed by atoms with Crippen LogP contribution in [0.2, 0.25) is 5.02 Å². The van der Waals surface area contributed by atoms with Crippen LogP contribution in [0.3, 0.4) is 0 Å². The van der Waals surface area contributed by atoms with Gasteiger partial charge in [0.1, 0.15) is 0 Å². The topological polar surface area (TPSA) is 12.0 Å². The van der Waals surface area contributed by atoms with Gasteiger partial charge in [-0.3, -0.25) is 0 Å². The molecule has 1 unspecified atom stereocenters. The van der Waals surface area contributed by atoms with Gasteiger partial charge in [-0.2, -0.15) is 0 Å². The largest absolute Gasteiger partial charge is 0.306 e. The number of hydrogen-bond acceptors (Lipinski definition) is 2. The van der Waals surface area contributed by atoms with E-state index >= 15 is 0 Å². The molecular weight excluding hydrogens is 238 g/mol. The lowest BCUT2D eigenvalue weighted by atomic mass is 9.93. The molecule has 1 heterocycles. The predicted octanol–water partition coefficient (Wildman–Crippen LogP) is 4.55. The Bertz CT molecular complexity index is 370. The van der Waals surface area contributed by atoms with Crippen LogP contribution in [0, 0.1) is 0 Å². The maximum Gasteiger partial charge on any atom is 0.0645 e. The molecule has 1 nitrogen and oxygen atoms in total. The third-order valence-corrected chi connectivity index (χ3v) is 4.44. The van der Waals surface area contributed by atoms with Crippen LogP contribution in [0.5, 0.6) is 0 Å². The number of nitrogens with one attached hydrogen (secondary N) is 1. The van der Waals surface area contributed by atoms with Gasteiger partial charge in [0.05, 0.1) is 11.1 Å². The van der Waals surface area contributed by atoms with E-state index in [4.69, 9.17) is 11.6 Å². The van der Waals surface area contributed by atoms with Crippen LogP contribution in [-0.2, 0) is 0 Å². The Morgan fingerprint density at radius 3 is 2.94 bits per heavy atom. The molecule has 0 saturated carbocycles. The van der Waals surface area contributed by atoms with Crippen LogP contribution in [0.1, 0.15) is 43.5 Å². The molecule has 16 heavy (non-hydrogen) atoms. The van der Waals surface area contributed by atoms with Crippen LogP contribution in [-0.4, -0.2) is 6.54 Å². The van der Waals surface area contributed by atoms with Crippen LogP contribution < -0.4 is 5.32 Å². The number of thiophene rings is 1. The predicted molar refractivity (Wildman–Crippen MR) is 72.3 cm³/mol. The van der Waals surface area contributed by atoms with Crippen molar-refractivity contribution in [3.05, 3.63) is 33.0 Å². The summed E-state index contributed by atoms with van der Waals surface area (Å²) in [5.41, 5.74) is 1.53. The molecule has 1 aromatic rings. The minimum Gasteiger partial charge on any atom is -0.306 e. The molecule has 0 saturated heterocycles. The summed E-state index contributed by atoms with van der Waals surface area (Å²) in [6, 6.07) is 2.34. The summed E-state index contributed by atoms with van der Waals surface area (Å²) in [7, 11) is 0. The highest BCUT2D eigenvalue weighted by molar-refractivity contribution is 7.10. The molecule has 0 aromatic carbocycles. The number of hydrogen-bond donors (Lipinski definition) is 1. The van der Waals surface area contributed by atoms with Gasteiger partial charge < -0.3 is 5.32 Å². The van der Waals surface area contributed by atoms with E-state index < -0.39 is 0 Å². The standard InChI is InChI=1S/C13H18ClNS/c1-2-15-12(10-6-4-3-5-7-10)13-11(14)8-9-16-13/h6,8-9,12,15H,2-5,7H2,1H3. The Labute approximate surface area is 107 Å². The summed E-state index contributed by atoms with van der Waals surface area (Å²) in [6.07, 6.45) is 7.48. The molecular formula is C13H18ClNS. The first-order valence-corrected chi connectivity index (χ1v) is 7.24. The molecule has 1 aromatic heterocycles. The van der Waals surface area contributed by atoms with Crippen molar-refractivity contribution in [2.75, 3.05) is 6.54 Å². The van der Waals surface area contributed by atoms with E-state index in [0.717, 1.165) is 11.6 Å². The minimum atomic E-state index is 0.345. The highest BCUT2D eigenvalue weighted by Gasteiger charge is 2.20. The summed E-state index contributed by atoms with van der Waals surface area (Å²) < 4.78 is 0. The number of allylic oxidation sites excluding steroid dienone is 1. The van der Waals surface area contributed by atoms with Crippen molar-refractivity contribution in [3.8, 4) is 0 Å². The van der Waals surface area contributed by atoms with Gasteiger partial charge in [0.2, 0.25) is 0 Å². The van der Waals surface area contributed by atoms with Crippen LogP contribution in [0.25, 0.3) is 0 Å². The molecule has 0 radical (unpaired) electrons. The molecule has 1 atom stereocenters. The summed E-state index contributed by atoms with van der Waals surface area (Å²) in [5.74, 6) is 0. The highest BCUT2D eigenvalue weighted by Crippen LogP contribution is 2.36. The van der Waals surface area contributed by atoms with Gasteiger partial charge in [-0.15, -0.1) is 11.3 Å². The van der Waals surface area contributed by atoms with Gasteiger partial charge in [-0.05, 0) is 43.7 Å². The molecule has 0 fully saturated rings. The van der Waals surface area contributed by atoms with Gasteiger partial charge >= 0.3 is 0 Å². The van der Waals surface area contributed by atoms with E-state index in [-0.39, 0.29) is 0 Å². The van der Waals surface area contributed by atoms with E-state index in [1.807, 2.05) is 6.07 Å². The zero-order chi connectivity index (χ0) is 11.4. The summed E-state index contributed by atoms with van der Waals surface area (Å²) in [4.78, 5) is 1.27. The lowest BCUT2D eigenvalue weighted by Gasteiger charge is -2.23. The van der Waals surface area contributed by atoms with E-state index in [1.54, 1.807) is 11.3 Å². The molecule has 3 heteroatoms. The van der Waals surface area contributed by atoms with Crippen LogP contribution in [0.4, 0.5) is 0 Å². The van der Waals surface area contributed by atoms with Crippen molar-refractivity contribution in [1.29, 1.82) is 0 Å². The number of halogens is 1. The molecule has 0 spiro atoms. The maximum absolute atomic E-state index is 6.23. The molecule has 0 amide bonds. The zero-order valence-electron chi connectivity index (χ0n) is 9.63. The van der Waals surface area contributed by atoms with Crippen molar-refractivity contribution in [1.82, 2.24) is 5.32 Å². The fourth-order valence-corrected chi connectivity index (χ4v) is 3.52. The Balaban J connectivity index is 2.23. The fourth-order valence-electron chi connectivity index (χ4n) is 2.23. The monoisotopic (exact) mass is 255 g/mol. The number of rotatable bonds is 4. The van der Waals surface area contributed by atoms with Gasteiger partial charge in [0.15, 0.2) is 0 Å². The van der Waals surface area contributed by atoms with E-state index in [0.29, 0.717) is 6.04 Å². The lowest BCUT2D eigenvalue weighted by Crippen LogP contribution is -2.23.